The van der Waals surface area contributed by atoms with Gasteiger partial charge in [-0.2, -0.15) is 0 Å². The van der Waals surface area contributed by atoms with E-state index in [0.29, 0.717) is 17.3 Å². The number of benzene rings is 1. The molecule has 0 fully saturated rings. The van der Waals surface area contributed by atoms with Crippen LogP contribution in [0.4, 0.5) is 11.4 Å². The summed E-state index contributed by atoms with van der Waals surface area (Å²) in [7, 11) is -2.13. The smallest absolute Gasteiger partial charge is 0.242 e. The number of hydrogen-bond acceptors (Lipinski definition) is 4. The van der Waals surface area contributed by atoms with Crippen LogP contribution in [0.3, 0.4) is 0 Å². The van der Waals surface area contributed by atoms with Crippen molar-refractivity contribution in [3.63, 3.8) is 0 Å². The summed E-state index contributed by atoms with van der Waals surface area (Å²) in [5, 5.41) is 3.27. The summed E-state index contributed by atoms with van der Waals surface area (Å²) in [5.74, 6) is 0.593. The second-order valence-electron chi connectivity index (χ2n) is 5.26. The first-order chi connectivity index (χ1) is 9.30. The Kier molecular flexibility index (Phi) is 5.83. The minimum atomic E-state index is -3.52. The predicted octanol–water partition coefficient (Wildman–Crippen LogP) is 2.41. The fraction of sp³-hybridized carbons (Fsp3) is 0.571. The third-order valence-electron chi connectivity index (χ3n) is 3.42. The molecular formula is C14H25N3O2S. The maximum atomic E-state index is 12.0. The fourth-order valence-corrected chi connectivity index (χ4v) is 3.01. The van der Waals surface area contributed by atoms with E-state index in [-0.39, 0.29) is 10.9 Å². The molecule has 114 valence electrons. The predicted molar refractivity (Wildman–Crippen MR) is 84.3 cm³/mol. The van der Waals surface area contributed by atoms with Crippen LogP contribution in [0.15, 0.2) is 23.1 Å². The van der Waals surface area contributed by atoms with Gasteiger partial charge in [-0.1, -0.05) is 20.3 Å². The van der Waals surface area contributed by atoms with Crippen LogP contribution in [0.1, 0.15) is 33.6 Å². The Morgan fingerprint density at radius 2 is 1.95 bits per heavy atom. The SMILES string of the molecule is CCC(C)CC(C)Nc1ccc(N)cc1S(=O)(=O)NC. The summed E-state index contributed by atoms with van der Waals surface area (Å²) in [5.41, 5.74) is 6.71. The molecule has 1 rings (SSSR count). The van der Waals surface area contributed by atoms with Crippen molar-refractivity contribution in [1.29, 1.82) is 0 Å². The molecule has 4 N–H and O–H groups in total. The summed E-state index contributed by atoms with van der Waals surface area (Å²) in [6, 6.07) is 5.09. The minimum absolute atomic E-state index is 0.191. The lowest BCUT2D eigenvalue weighted by atomic mass is 10.0. The molecule has 0 aromatic heterocycles. The van der Waals surface area contributed by atoms with Gasteiger partial charge in [0.1, 0.15) is 4.90 Å². The molecule has 0 aliphatic carbocycles. The van der Waals surface area contributed by atoms with Gasteiger partial charge in [0.05, 0.1) is 5.69 Å². The van der Waals surface area contributed by atoms with Gasteiger partial charge in [0.2, 0.25) is 10.0 Å². The quantitative estimate of drug-likeness (QED) is 0.675. The summed E-state index contributed by atoms with van der Waals surface area (Å²) in [4.78, 5) is 0.191. The Labute approximate surface area is 122 Å². The first-order valence-corrected chi connectivity index (χ1v) is 8.38. The van der Waals surface area contributed by atoms with Crippen molar-refractivity contribution in [2.45, 2.75) is 44.6 Å². The molecule has 2 atom stereocenters. The number of nitrogen functional groups attached to an aromatic ring is 1. The normalized spacial score (nSPS) is 14.8. The van der Waals surface area contributed by atoms with Gasteiger partial charge in [-0.05, 0) is 44.5 Å². The zero-order chi connectivity index (χ0) is 15.3. The highest BCUT2D eigenvalue weighted by Gasteiger charge is 2.18. The van der Waals surface area contributed by atoms with Gasteiger partial charge in [0.15, 0.2) is 0 Å². The van der Waals surface area contributed by atoms with Gasteiger partial charge in [-0.3, -0.25) is 0 Å². The van der Waals surface area contributed by atoms with E-state index in [1.165, 1.54) is 13.1 Å². The molecule has 1 aromatic rings. The highest BCUT2D eigenvalue weighted by atomic mass is 32.2. The van der Waals surface area contributed by atoms with Crippen molar-refractivity contribution in [3.05, 3.63) is 18.2 Å². The van der Waals surface area contributed by atoms with Gasteiger partial charge in [-0.25, -0.2) is 13.1 Å². The fourth-order valence-electron chi connectivity index (χ4n) is 2.09. The molecule has 5 nitrogen and oxygen atoms in total. The summed E-state index contributed by atoms with van der Waals surface area (Å²) in [6.07, 6.45) is 2.09. The minimum Gasteiger partial charge on any atom is -0.399 e. The van der Waals surface area contributed by atoms with Crippen molar-refractivity contribution in [2.24, 2.45) is 5.92 Å². The molecule has 2 unspecified atom stereocenters. The van der Waals surface area contributed by atoms with E-state index in [1.54, 1.807) is 12.1 Å². The van der Waals surface area contributed by atoms with Crippen molar-refractivity contribution in [1.82, 2.24) is 4.72 Å². The van der Waals surface area contributed by atoms with Crippen molar-refractivity contribution >= 4 is 21.4 Å². The lowest BCUT2D eigenvalue weighted by Crippen LogP contribution is -2.23. The Morgan fingerprint density at radius 1 is 1.30 bits per heavy atom. The van der Waals surface area contributed by atoms with Crippen molar-refractivity contribution < 1.29 is 8.42 Å². The molecule has 0 radical (unpaired) electrons. The van der Waals surface area contributed by atoms with Gasteiger partial charge >= 0.3 is 0 Å². The van der Waals surface area contributed by atoms with E-state index >= 15 is 0 Å². The molecule has 1 aromatic carbocycles. The second-order valence-corrected chi connectivity index (χ2v) is 7.11. The van der Waals surface area contributed by atoms with E-state index in [4.69, 9.17) is 5.73 Å². The number of hydrogen-bond donors (Lipinski definition) is 3. The number of nitrogens with two attached hydrogens (primary N) is 1. The van der Waals surface area contributed by atoms with Gasteiger partial charge in [0.25, 0.3) is 0 Å². The van der Waals surface area contributed by atoms with Crippen LogP contribution < -0.4 is 15.8 Å². The molecule has 0 spiro atoms. The van der Waals surface area contributed by atoms with E-state index in [1.807, 2.05) is 0 Å². The van der Waals surface area contributed by atoms with Gasteiger partial charge < -0.3 is 11.1 Å². The Bertz CT molecular complexity index is 543. The van der Waals surface area contributed by atoms with Crippen LogP contribution in [0.5, 0.6) is 0 Å². The second kappa shape index (κ2) is 6.95. The Hall–Kier alpha value is -1.27. The highest BCUT2D eigenvalue weighted by molar-refractivity contribution is 7.89. The van der Waals surface area contributed by atoms with E-state index in [2.05, 4.69) is 30.8 Å². The molecule has 20 heavy (non-hydrogen) atoms. The monoisotopic (exact) mass is 299 g/mol. The van der Waals surface area contributed by atoms with E-state index in [9.17, 15) is 8.42 Å². The van der Waals surface area contributed by atoms with Crippen LogP contribution >= 0.6 is 0 Å². The highest BCUT2D eigenvalue weighted by Crippen LogP contribution is 2.25. The molecule has 0 aliphatic heterocycles. The third-order valence-corrected chi connectivity index (χ3v) is 4.87. The van der Waals surface area contributed by atoms with Crippen LogP contribution in [-0.4, -0.2) is 21.5 Å². The molecular weight excluding hydrogens is 274 g/mol. The molecule has 0 bridgehead atoms. The molecule has 6 heteroatoms. The number of nitrogens with one attached hydrogen (secondary N) is 2. The molecule has 0 aliphatic rings. The first kappa shape index (κ1) is 16.8. The number of sulfonamides is 1. The number of anilines is 2. The zero-order valence-corrected chi connectivity index (χ0v) is 13.4. The van der Waals surface area contributed by atoms with E-state index in [0.717, 1.165) is 12.8 Å². The van der Waals surface area contributed by atoms with Crippen molar-refractivity contribution in [3.8, 4) is 0 Å². The first-order valence-electron chi connectivity index (χ1n) is 6.89. The van der Waals surface area contributed by atoms with Crippen LogP contribution in [-0.2, 0) is 10.0 Å². The standard InChI is InChI=1S/C14H25N3O2S/c1-5-10(2)8-11(3)17-13-7-6-12(15)9-14(13)20(18,19)16-4/h6-7,9-11,16-17H,5,8,15H2,1-4H3. The molecule has 0 saturated carbocycles. The third kappa shape index (κ3) is 4.38. The van der Waals surface area contributed by atoms with Crippen LogP contribution in [0, 0.1) is 5.92 Å². The van der Waals surface area contributed by atoms with E-state index < -0.39 is 10.0 Å². The summed E-state index contributed by atoms with van der Waals surface area (Å²) in [6.45, 7) is 6.39. The van der Waals surface area contributed by atoms with Gasteiger partial charge in [0, 0.05) is 11.7 Å². The summed E-state index contributed by atoms with van der Waals surface area (Å²) >= 11 is 0. The molecule has 0 heterocycles. The lowest BCUT2D eigenvalue weighted by Gasteiger charge is -2.20. The van der Waals surface area contributed by atoms with Crippen LogP contribution in [0.2, 0.25) is 0 Å². The lowest BCUT2D eigenvalue weighted by molar-refractivity contribution is 0.483. The molecule has 0 saturated heterocycles. The maximum Gasteiger partial charge on any atom is 0.242 e. The van der Waals surface area contributed by atoms with Crippen LogP contribution in [0.25, 0.3) is 0 Å². The van der Waals surface area contributed by atoms with Gasteiger partial charge in [-0.15, -0.1) is 0 Å². The average Bonchev–Trinajstić information content (AvgIpc) is 2.40. The Morgan fingerprint density at radius 3 is 2.50 bits per heavy atom. The topological polar surface area (TPSA) is 84.2 Å². The Balaban J connectivity index is 3.01. The van der Waals surface area contributed by atoms with Crippen molar-refractivity contribution in [2.75, 3.05) is 18.1 Å². The largest absolute Gasteiger partial charge is 0.399 e. The maximum absolute atomic E-state index is 12.0. The average molecular weight is 299 g/mol. The zero-order valence-electron chi connectivity index (χ0n) is 12.6. The molecule has 0 amide bonds. The number of rotatable bonds is 7. The summed E-state index contributed by atoms with van der Waals surface area (Å²) < 4.78 is 26.4.